The lowest BCUT2D eigenvalue weighted by Gasteiger charge is -2.16. The Balaban J connectivity index is 2.70. The molecular weight excluding hydrogens is 277 g/mol. The monoisotopic (exact) mass is 292 g/mol. The van der Waals surface area contributed by atoms with Gasteiger partial charge in [-0.1, -0.05) is 26.0 Å². The van der Waals surface area contributed by atoms with Gasteiger partial charge in [0, 0.05) is 6.54 Å². The number of halogens is 3. The molecule has 0 bridgehead atoms. The molecule has 0 aromatic heterocycles. The smallest absolute Gasteiger partial charge is 0.404 e. The van der Waals surface area contributed by atoms with E-state index in [0.29, 0.717) is 12.5 Å². The van der Waals surface area contributed by atoms with Crippen molar-refractivity contribution >= 4 is 23.0 Å². The summed E-state index contributed by atoms with van der Waals surface area (Å²) in [5.74, 6) is 0.0603. The van der Waals surface area contributed by atoms with Crippen molar-refractivity contribution in [2.45, 2.75) is 20.2 Å². The number of anilines is 1. The van der Waals surface area contributed by atoms with Gasteiger partial charge in [-0.2, -0.15) is 0 Å². The zero-order chi connectivity index (χ0) is 14.5. The van der Waals surface area contributed by atoms with Gasteiger partial charge < -0.3 is 15.4 Å². The number of ether oxygens (including phenoxy) is 1. The van der Waals surface area contributed by atoms with Gasteiger partial charge in [0.1, 0.15) is 0 Å². The van der Waals surface area contributed by atoms with Gasteiger partial charge in [-0.25, -0.2) is 0 Å². The second-order valence-corrected chi connectivity index (χ2v) is 4.68. The molecule has 0 heterocycles. The van der Waals surface area contributed by atoms with Crippen molar-refractivity contribution in [3.8, 4) is 5.75 Å². The SMILES string of the molecule is CC(C)CNC(=S)Nc1ccccc1OC(F)(F)F. The highest BCUT2D eigenvalue weighted by atomic mass is 32.1. The molecule has 0 aliphatic carbocycles. The molecule has 0 unspecified atom stereocenters. The van der Waals surface area contributed by atoms with E-state index in [2.05, 4.69) is 15.4 Å². The molecule has 19 heavy (non-hydrogen) atoms. The van der Waals surface area contributed by atoms with Crippen LogP contribution < -0.4 is 15.4 Å². The van der Waals surface area contributed by atoms with Crippen LogP contribution in [-0.4, -0.2) is 18.0 Å². The molecule has 7 heteroatoms. The number of rotatable bonds is 4. The molecule has 3 nitrogen and oxygen atoms in total. The normalized spacial score (nSPS) is 11.3. The van der Waals surface area contributed by atoms with Crippen molar-refractivity contribution in [3.63, 3.8) is 0 Å². The lowest BCUT2D eigenvalue weighted by atomic mass is 10.2. The van der Waals surface area contributed by atoms with Gasteiger partial charge in [0.2, 0.25) is 0 Å². The van der Waals surface area contributed by atoms with E-state index in [0.717, 1.165) is 0 Å². The summed E-state index contributed by atoms with van der Waals surface area (Å²) in [6.07, 6.45) is -4.73. The van der Waals surface area contributed by atoms with Crippen molar-refractivity contribution in [2.75, 3.05) is 11.9 Å². The molecule has 0 fully saturated rings. The predicted octanol–water partition coefficient (Wildman–Crippen LogP) is 3.53. The molecule has 106 valence electrons. The third-order valence-corrected chi connectivity index (χ3v) is 2.28. The summed E-state index contributed by atoms with van der Waals surface area (Å²) in [4.78, 5) is 0. The van der Waals surface area contributed by atoms with Gasteiger partial charge in [-0.3, -0.25) is 0 Å². The van der Waals surface area contributed by atoms with Crippen LogP contribution in [0.5, 0.6) is 5.75 Å². The number of nitrogens with one attached hydrogen (secondary N) is 2. The van der Waals surface area contributed by atoms with Gasteiger partial charge in [0.15, 0.2) is 10.9 Å². The maximum atomic E-state index is 12.2. The van der Waals surface area contributed by atoms with Gasteiger partial charge in [-0.05, 0) is 30.3 Å². The largest absolute Gasteiger partial charge is 0.573 e. The van der Waals surface area contributed by atoms with Crippen LogP contribution in [0.1, 0.15) is 13.8 Å². The van der Waals surface area contributed by atoms with Crippen LogP contribution in [0, 0.1) is 5.92 Å². The van der Waals surface area contributed by atoms with Gasteiger partial charge >= 0.3 is 6.36 Å². The minimum Gasteiger partial charge on any atom is -0.404 e. The fourth-order valence-corrected chi connectivity index (χ4v) is 1.44. The average Bonchev–Trinajstić information content (AvgIpc) is 2.27. The second-order valence-electron chi connectivity index (χ2n) is 4.27. The Morgan fingerprint density at radius 3 is 2.53 bits per heavy atom. The van der Waals surface area contributed by atoms with E-state index in [4.69, 9.17) is 12.2 Å². The van der Waals surface area contributed by atoms with Crippen LogP contribution in [-0.2, 0) is 0 Å². The van der Waals surface area contributed by atoms with Crippen molar-refractivity contribution in [2.24, 2.45) is 5.92 Å². The van der Waals surface area contributed by atoms with Crippen LogP contribution in [0.2, 0.25) is 0 Å². The molecule has 0 saturated carbocycles. The number of thiocarbonyl (C=S) groups is 1. The molecule has 0 radical (unpaired) electrons. The first-order chi connectivity index (χ1) is 8.78. The van der Waals surface area contributed by atoms with Gasteiger partial charge in [0.25, 0.3) is 0 Å². The number of alkyl halides is 3. The van der Waals surface area contributed by atoms with Crippen LogP contribution in [0.25, 0.3) is 0 Å². The zero-order valence-corrected chi connectivity index (χ0v) is 11.4. The molecule has 1 aromatic carbocycles. The Kier molecular flexibility index (Phi) is 5.41. The number of hydrogen-bond donors (Lipinski definition) is 2. The molecule has 1 rings (SSSR count). The minimum absolute atomic E-state index is 0.168. The van der Waals surface area contributed by atoms with Gasteiger partial charge in [-0.15, -0.1) is 13.2 Å². The summed E-state index contributed by atoms with van der Waals surface area (Å²) in [5, 5.41) is 5.84. The zero-order valence-electron chi connectivity index (χ0n) is 10.5. The molecule has 0 spiro atoms. The Labute approximate surface area is 115 Å². The number of para-hydroxylation sites is 2. The highest BCUT2D eigenvalue weighted by Gasteiger charge is 2.32. The Hall–Kier alpha value is -1.50. The lowest BCUT2D eigenvalue weighted by Crippen LogP contribution is -2.31. The van der Waals surface area contributed by atoms with E-state index in [1.807, 2.05) is 13.8 Å². The first kappa shape index (κ1) is 15.6. The van der Waals surface area contributed by atoms with Crippen LogP contribution in [0.15, 0.2) is 24.3 Å². The lowest BCUT2D eigenvalue weighted by molar-refractivity contribution is -0.274. The Morgan fingerprint density at radius 2 is 1.95 bits per heavy atom. The topological polar surface area (TPSA) is 33.3 Å². The fraction of sp³-hybridized carbons (Fsp3) is 0.417. The third kappa shape index (κ3) is 6.28. The summed E-state index contributed by atoms with van der Waals surface area (Å²) in [6.45, 7) is 4.63. The van der Waals surface area contributed by atoms with Crippen molar-refractivity contribution in [1.82, 2.24) is 5.32 Å². The molecule has 0 aliphatic rings. The number of hydrogen-bond acceptors (Lipinski definition) is 2. The molecule has 0 aliphatic heterocycles. The average molecular weight is 292 g/mol. The van der Waals surface area contributed by atoms with E-state index < -0.39 is 6.36 Å². The van der Waals surface area contributed by atoms with Crippen LogP contribution in [0.4, 0.5) is 18.9 Å². The highest BCUT2D eigenvalue weighted by Crippen LogP contribution is 2.29. The van der Waals surface area contributed by atoms with E-state index in [1.54, 1.807) is 6.07 Å². The molecular formula is C12H15F3N2OS. The van der Waals surface area contributed by atoms with Crippen molar-refractivity contribution in [3.05, 3.63) is 24.3 Å². The summed E-state index contributed by atoms with van der Waals surface area (Å²) in [5.41, 5.74) is 0.168. The summed E-state index contributed by atoms with van der Waals surface area (Å²) < 4.78 is 40.6. The van der Waals surface area contributed by atoms with Gasteiger partial charge in [0.05, 0.1) is 5.69 Å². The molecule has 2 N–H and O–H groups in total. The van der Waals surface area contributed by atoms with E-state index in [9.17, 15) is 13.2 Å². The van der Waals surface area contributed by atoms with Crippen molar-refractivity contribution < 1.29 is 17.9 Å². The molecule has 0 atom stereocenters. The quantitative estimate of drug-likeness (QED) is 0.832. The second kappa shape index (κ2) is 6.60. The third-order valence-electron chi connectivity index (χ3n) is 2.03. The molecule has 1 aromatic rings. The van der Waals surface area contributed by atoms with Crippen molar-refractivity contribution in [1.29, 1.82) is 0 Å². The highest BCUT2D eigenvalue weighted by molar-refractivity contribution is 7.80. The van der Waals surface area contributed by atoms with E-state index in [-0.39, 0.29) is 16.5 Å². The summed E-state index contributed by atoms with van der Waals surface area (Å²) in [7, 11) is 0. The maximum Gasteiger partial charge on any atom is 0.573 e. The first-order valence-electron chi connectivity index (χ1n) is 5.67. The molecule has 0 amide bonds. The van der Waals surface area contributed by atoms with E-state index in [1.165, 1.54) is 18.2 Å². The molecule has 0 saturated heterocycles. The summed E-state index contributed by atoms with van der Waals surface area (Å²) in [6, 6.07) is 5.73. The minimum atomic E-state index is -4.73. The Morgan fingerprint density at radius 1 is 1.32 bits per heavy atom. The maximum absolute atomic E-state index is 12.2. The standard InChI is InChI=1S/C12H15F3N2OS/c1-8(2)7-16-11(19)17-9-5-3-4-6-10(9)18-12(13,14)15/h3-6,8H,7H2,1-2H3,(H2,16,17,19). The first-order valence-corrected chi connectivity index (χ1v) is 6.08. The Bertz CT molecular complexity index is 435. The van der Waals surface area contributed by atoms with Crippen LogP contribution >= 0.6 is 12.2 Å². The van der Waals surface area contributed by atoms with Crippen LogP contribution in [0.3, 0.4) is 0 Å². The predicted molar refractivity (Wildman–Crippen MR) is 72.2 cm³/mol. The summed E-state index contributed by atoms with van der Waals surface area (Å²) >= 11 is 5.00. The fourth-order valence-electron chi connectivity index (χ4n) is 1.25. The number of benzene rings is 1. The van der Waals surface area contributed by atoms with E-state index >= 15 is 0 Å².